The van der Waals surface area contributed by atoms with E-state index in [0.717, 1.165) is 12.2 Å². The summed E-state index contributed by atoms with van der Waals surface area (Å²) in [5, 5.41) is 11.3. The van der Waals surface area contributed by atoms with Crippen LogP contribution in [0.15, 0.2) is 24.5 Å². The lowest BCUT2D eigenvalue weighted by Gasteiger charge is -2.19. The topological polar surface area (TPSA) is 81.5 Å². The van der Waals surface area contributed by atoms with Gasteiger partial charge in [0, 0.05) is 30.8 Å². The van der Waals surface area contributed by atoms with E-state index in [1.165, 1.54) is 12.8 Å². The average Bonchev–Trinajstić information content (AvgIpc) is 3.19. The first-order valence-corrected chi connectivity index (χ1v) is 8.87. The van der Waals surface area contributed by atoms with Gasteiger partial charge in [0.25, 0.3) is 0 Å². The van der Waals surface area contributed by atoms with Gasteiger partial charge < -0.3 is 24.3 Å². The zero-order valence-corrected chi connectivity index (χ0v) is 15.0. The van der Waals surface area contributed by atoms with Crippen LogP contribution in [0.5, 0.6) is 11.5 Å². The summed E-state index contributed by atoms with van der Waals surface area (Å²) in [7, 11) is 3.16. The number of benzene rings is 1. The number of carbonyl (C=O) groups is 1. The molecule has 1 unspecified atom stereocenters. The normalized spacial score (nSPS) is 19.5. The van der Waals surface area contributed by atoms with Crippen molar-refractivity contribution in [2.45, 2.75) is 31.2 Å². The van der Waals surface area contributed by atoms with Gasteiger partial charge in [-0.3, -0.25) is 0 Å². The molecule has 0 spiro atoms. The van der Waals surface area contributed by atoms with Gasteiger partial charge in [-0.05, 0) is 31.4 Å². The minimum atomic E-state index is -0.110. The van der Waals surface area contributed by atoms with Crippen LogP contribution >= 0.6 is 0 Å². The summed E-state index contributed by atoms with van der Waals surface area (Å²) in [5.41, 5.74) is 0.680. The van der Waals surface area contributed by atoms with Crippen LogP contribution in [0.4, 0.5) is 10.5 Å². The smallest absolute Gasteiger partial charge is 0.321 e. The number of nitrogens with one attached hydrogen (secondary N) is 1. The van der Waals surface area contributed by atoms with Crippen molar-refractivity contribution in [2.24, 2.45) is 0 Å². The molecule has 138 valence electrons. The molecule has 0 radical (unpaired) electrons. The standard InChI is InChI=1S/C18H23N5O3/c1-25-15-6-5-13(9-16(15)26-2)20-18(24)22-8-7-14(10-22)23-11-19-21-17(23)12-3-4-12/h5-6,9,11-12,14H,3-4,7-8,10H2,1-2H3,(H,20,24). The van der Waals surface area contributed by atoms with Crippen LogP contribution in [0.3, 0.4) is 0 Å². The lowest BCUT2D eigenvalue weighted by molar-refractivity contribution is 0.220. The average molecular weight is 357 g/mol. The molecule has 1 aromatic heterocycles. The maximum atomic E-state index is 12.6. The van der Waals surface area contributed by atoms with Gasteiger partial charge in [0.15, 0.2) is 11.5 Å². The van der Waals surface area contributed by atoms with Gasteiger partial charge in [-0.25, -0.2) is 4.79 Å². The first kappa shape index (κ1) is 16.7. The highest BCUT2D eigenvalue weighted by Gasteiger charge is 2.34. The third-order valence-corrected chi connectivity index (χ3v) is 5.02. The Morgan fingerprint density at radius 1 is 1.19 bits per heavy atom. The predicted molar refractivity (Wildman–Crippen MR) is 95.8 cm³/mol. The minimum absolute atomic E-state index is 0.110. The van der Waals surface area contributed by atoms with Crippen molar-refractivity contribution in [1.29, 1.82) is 0 Å². The Bertz CT molecular complexity index is 802. The van der Waals surface area contributed by atoms with Gasteiger partial charge in [-0.2, -0.15) is 0 Å². The Balaban J connectivity index is 1.41. The number of nitrogens with zero attached hydrogens (tertiary/aromatic N) is 4. The zero-order valence-electron chi connectivity index (χ0n) is 15.0. The molecule has 2 aromatic rings. The van der Waals surface area contributed by atoms with Crippen LogP contribution < -0.4 is 14.8 Å². The minimum Gasteiger partial charge on any atom is -0.493 e. The summed E-state index contributed by atoms with van der Waals surface area (Å²) in [6.45, 7) is 1.38. The molecule has 1 aliphatic heterocycles. The molecule has 2 amide bonds. The molecular formula is C18H23N5O3. The van der Waals surface area contributed by atoms with Crippen molar-refractivity contribution in [3.63, 3.8) is 0 Å². The predicted octanol–water partition coefficient (Wildman–Crippen LogP) is 2.65. The lowest BCUT2D eigenvalue weighted by Crippen LogP contribution is -2.33. The molecular weight excluding hydrogens is 334 g/mol. The fourth-order valence-corrected chi connectivity index (χ4v) is 3.44. The number of carbonyl (C=O) groups excluding carboxylic acids is 1. The molecule has 4 rings (SSSR count). The largest absolute Gasteiger partial charge is 0.493 e. The van der Waals surface area contributed by atoms with Crippen molar-refractivity contribution in [3.8, 4) is 11.5 Å². The van der Waals surface area contributed by atoms with Gasteiger partial charge in [0.1, 0.15) is 12.2 Å². The van der Waals surface area contributed by atoms with Crippen molar-refractivity contribution >= 4 is 11.7 Å². The number of hydrogen-bond acceptors (Lipinski definition) is 5. The van der Waals surface area contributed by atoms with E-state index in [2.05, 4.69) is 20.1 Å². The van der Waals surface area contributed by atoms with Crippen LogP contribution in [0.25, 0.3) is 0 Å². The molecule has 1 aliphatic carbocycles. The Morgan fingerprint density at radius 3 is 2.73 bits per heavy atom. The van der Waals surface area contributed by atoms with Gasteiger partial charge in [0.05, 0.1) is 20.3 Å². The molecule has 1 saturated heterocycles. The first-order valence-electron chi connectivity index (χ1n) is 8.87. The molecule has 1 N–H and O–H groups in total. The van der Waals surface area contributed by atoms with E-state index in [9.17, 15) is 4.79 Å². The number of likely N-dealkylation sites (tertiary alicyclic amines) is 1. The number of urea groups is 1. The van der Waals surface area contributed by atoms with E-state index in [1.54, 1.807) is 38.7 Å². The third kappa shape index (κ3) is 3.18. The number of rotatable bonds is 5. The van der Waals surface area contributed by atoms with E-state index < -0.39 is 0 Å². The Labute approximate surface area is 152 Å². The maximum Gasteiger partial charge on any atom is 0.321 e. The number of methoxy groups -OCH3 is 2. The number of hydrogen-bond donors (Lipinski definition) is 1. The zero-order chi connectivity index (χ0) is 18.1. The summed E-state index contributed by atoms with van der Waals surface area (Å²) in [6.07, 6.45) is 5.09. The van der Waals surface area contributed by atoms with Crippen molar-refractivity contribution in [2.75, 3.05) is 32.6 Å². The van der Waals surface area contributed by atoms with Crippen LogP contribution in [0.2, 0.25) is 0 Å². The van der Waals surface area contributed by atoms with Crippen molar-refractivity contribution in [1.82, 2.24) is 19.7 Å². The number of ether oxygens (including phenoxy) is 2. The second-order valence-electron chi connectivity index (χ2n) is 6.76. The van der Waals surface area contributed by atoms with E-state index in [1.807, 2.05) is 4.90 Å². The van der Waals surface area contributed by atoms with Gasteiger partial charge in [0.2, 0.25) is 0 Å². The molecule has 8 heteroatoms. The number of aromatic nitrogens is 3. The van der Waals surface area contributed by atoms with E-state index in [4.69, 9.17) is 9.47 Å². The van der Waals surface area contributed by atoms with Crippen LogP contribution in [0.1, 0.15) is 37.0 Å². The van der Waals surface area contributed by atoms with E-state index in [0.29, 0.717) is 36.2 Å². The van der Waals surface area contributed by atoms with Crippen LogP contribution in [-0.2, 0) is 0 Å². The van der Waals surface area contributed by atoms with Crippen LogP contribution in [-0.4, -0.2) is 53.0 Å². The highest BCUT2D eigenvalue weighted by Crippen LogP contribution is 2.40. The van der Waals surface area contributed by atoms with Crippen molar-refractivity contribution < 1.29 is 14.3 Å². The maximum absolute atomic E-state index is 12.6. The second kappa shape index (κ2) is 6.86. The number of anilines is 1. The summed E-state index contributed by atoms with van der Waals surface area (Å²) in [5.74, 6) is 2.83. The van der Waals surface area contributed by atoms with E-state index in [-0.39, 0.29) is 12.1 Å². The SMILES string of the molecule is COc1ccc(NC(=O)N2CCC(n3cnnc3C3CC3)C2)cc1OC. The highest BCUT2D eigenvalue weighted by atomic mass is 16.5. The Kier molecular flexibility index (Phi) is 4.40. The summed E-state index contributed by atoms with van der Waals surface area (Å²) < 4.78 is 12.7. The molecule has 1 aromatic carbocycles. The molecule has 2 heterocycles. The third-order valence-electron chi connectivity index (χ3n) is 5.02. The fraction of sp³-hybridized carbons (Fsp3) is 0.500. The molecule has 1 saturated carbocycles. The van der Waals surface area contributed by atoms with Crippen molar-refractivity contribution in [3.05, 3.63) is 30.4 Å². The van der Waals surface area contributed by atoms with Crippen LogP contribution in [0, 0.1) is 0 Å². The monoisotopic (exact) mass is 357 g/mol. The molecule has 26 heavy (non-hydrogen) atoms. The molecule has 0 bridgehead atoms. The highest BCUT2D eigenvalue weighted by molar-refractivity contribution is 5.90. The summed E-state index contributed by atoms with van der Waals surface area (Å²) in [6, 6.07) is 5.48. The summed E-state index contributed by atoms with van der Waals surface area (Å²) >= 11 is 0. The quantitative estimate of drug-likeness (QED) is 0.890. The first-order chi connectivity index (χ1) is 12.7. The molecule has 2 fully saturated rings. The Morgan fingerprint density at radius 2 is 2.00 bits per heavy atom. The summed E-state index contributed by atoms with van der Waals surface area (Å²) in [4.78, 5) is 14.4. The molecule has 1 atom stereocenters. The fourth-order valence-electron chi connectivity index (χ4n) is 3.44. The van der Waals surface area contributed by atoms with Gasteiger partial charge in [-0.1, -0.05) is 0 Å². The Hall–Kier alpha value is -2.77. The lowest BCUT2D eigenvalue weighted by atomic mass is 10.2. The molecule has 2 aliphatic rings. The second-order valence-corrected chi connectivity index (χ2v) is 6.76. The van der Waals surface area contributed by atoms with Gasteiger partial charge >= 0.3 is 6.03 Å². The van der Waals surface area contributed by atoms with E-state index >= 15 is 0 Å². The number of amides is 2. The molecule has 8 nitrogen and oxygen atoms in total. The van der Waals surface area contributed by atoms with Gasteiger partial charge in [-0.15, -0.1) is 10.2 Å².